The van der Waals surface area contributed by atoms with Crippen molar-refractivity contribution in [3.63, 3.8) is 0 Å². The Bertz CT molecular complexity index is 3260. The normalized spacial score (nSPS) is 11.3. The Balaban J connectivity index is 1.12. The summed E-state index contributed by atoms with van der Waals surface area (Å²) in [6.45, 7) is 0. The minimum Gasteiger partial charge on any atom is -0.0622 e. The minimum atomic E-state index is 1.19. The first-order chi connectivity index (χ1) is 29.8. The summed E-state index contributed by atoms with van der Waals surface area (Å²) in [5.74, 6) is 0. The quantitative estimate of drug-likeness (QED) is 0.142. The van der Waals surface area contributed by atoms with Crippen molar-refractivity contribution >= 4 is 32.3 Å². The molecule has 11 rings (SSSR count). The van der Waals surface area contributed by atoms with E-state index in [9.17, 15) is 0 Å². The highest BCUT2D eigenvalue weighted by molar-refractivity contribution is 6.21. The van der Waals surface area contributed by atoms with Crippen molar-refractivity contribution < 1.29 is 0 Å². The van der Waals surface area contributed by atoms with E-state index < -0.39 is 0 Å². The Kier molecular flexibility index (Phi) is 8.95. The van der Waals surface area contributed by atoms with Crippen LogP contribution in [-0.2, 0) is 0 Å². The number of benzene rings is 11. The van der Waals surface area contributed by atoms with Crippen LogP contribution in [0.25, 0.3) is 110 Å². The molecule has 0 aliphatic heterocycles. The second-order valence-electron chi connectivity index (χ2n) is 15.6. The van der Waals surface area contributed by atoms with Gasteiger partial charge in [-0.15, -0.1) is 0 Å². The van der Waals surface area contributed by atoms with Gasteiger partial charge in [0.05, 0.1) is 0 Å². The van der Waals surface area contributed by atoms with Crippen molar-refractivity contribution in [2.45, 2.75) is 0 Å². The zero-order valence-corrected chi connectivity index (χ0v) is 33.1. The average Bonchev–Trinajstić information content (AvgIpc) is 3.33. The smallest absolute Gasteiger partial charge is 0.00261 e. The maximum atomic E-state index is 2.44. The predicted octanol–water partition coefficient (Wildman–Crippen LogP) is 16.8. The number of hydrogen-bond donors (Lipinski definition) is 0. The zero-order chi connectivity index (χ0) is 39.8. The van der Waals surface area contributed by atoms with E-state index >= 15 is 0 Å². The third-order valence-electron chi connectivity index (χ3n) is 12.1. The van der Waals surface area contributed by atoms with E-state index in [4.69, 9.17) is 0 Å². The van der Waals surface area contributed by atoms with Crippen molar-refractivity contribution in [1.29, 1.82) is 0 Å². The first kappa shape index (κ1) is 35.4. The van der Waals surface area contributed by atoms with E-state index in [1.165, 1.54) is 110 Å². The molecular weight excluding hydrogens is 721 g/mol. The van der Waals surface area contributed by atoms with E-state index in [1.54, 1.807) is 0 Å². The van der Waals surface area contributed by atoms with Crippen molar-refractivity contribution in [2.24, 2.45) is 0 Å². The van der Waals surface area contributed by atoms with E-state index in [1.807, 2.05) is 0 Å². The van der Waals surface area contributed by atoms with Crippen LogP contribution in [0.3, 0.4) is 0 Å². The number of hydrogen-bond acceptors (Lipinski definition) is 0. The Morgan fingerprint density at radius 1 is 0.167 bits per heavy atom. The molecule has 11 aromatic carbocycles. The van der Waals surface area contributed by atoms with Crippen LogP contribution in [0.15, 0.2) is 243 Å². The Morgan fingerprint density at radius 2 is 0.533 bits per heavy atom. The van der Waals surface area contributed by atoms with Gasteiger partial charge in [-0.1, -0.05) is 237 Å². The molecule has 0 radical (unpaired) electrons. The highest BCUT2D eigenvalue weighted by Crippen LogP contribution is 2.47. The molecule has 0 unspecified atom stereocenters. The average molecular weight is 761 g/mol. The fraction of sp³-hybridized carbons (Fsp3) is 0. The van der Waals surface area contributed by atoms with Crippen LogP contribution >= 0.6 is 0 Å². The summed E-state index contributed by atoms with van der Waals surface area (Å²) >= 11 is 0. The molecule has 0 amide bonds. The predicted molar refractivity (Wildman–Crippen MR) is 257 cm³/mol. The van der Waals surface area contributed by atoms with Gasteiger partial charge in [0.2, 0.25) is 0 Å². The summed E-state index contributed by atoms with van der Waals surface area (Å²) in [7, 11) is 0. The summed E-state index contributed by atoms with van der Waals surface area (Å²) < 4.78 is 0. The molecule has 0 fully saturated rings. The number of fused-ring (bicyclic) bond motifs is 3. The molecule has 0 nitrogen and oxygen atoms in total. The molecule has 0 aliphatic rings. The van der Waals surface area contributed by atoms with Crippen molar-refractivity contribution in [3.05, 3.63) is 243 Å². The lowest BCUT2D eigenvalue weighted by Crippen LogP contribution is -1.93. The van der Waals surface area contributed by atoms with Gasteiger partial charge >= 0.3 is 0 Å². The summed E-state index contributed by atoms with van der Waals surface area (Å²) in [5.41, 5.74) is 17.0. The van der Waals surface area contributed by atoms with Gasteiger partial charge in [0.25, 0.3) is 0 Å². The lowest BCUT2D eigenvalue weighted by Gasteiger charge is -2.20. The molecule has 0 bridgehead atoms. The molecule has 0 spiro atoms. The molecule has 0 aliphatic carbocycles. The summed E-state index contributed by atoms with van der Waals surface area (Å²) in [5, 5.41) is 7.53. The molecule has 0 heterocycles. The van der Waals surface area contributed by atoms with Gasteiger partial charge in [0.1, 0.15) is 0 Å². The molecule has 11 aromatic rings. The lowest BCUT2D eigenvalue weighted by molar-refractivity contribution is 1.55. The zero-order valence-electron chi connectivity index (χ0n) is 33.1. The standard InChI is InChI=1S/C60H40/c1-3-16-41(17-4-1)42-30-32-46(33-31-42)52-39-38-48(60-56-27-13-11-25-54(56)59(47-19-5-2-6-20-47)55-26-12-14-28-57(55)60)40-58(52)53-24-10-9-23-51(53)45-36-34-44(35-37-45)50-29-15-21-43-18-7-8-22-49(43)50/h1-40H. The van der Waals surface area contributed by atoms with E-state index in [0.29, 0.717) is 0 Å². The van der Waals surface area contributed by atoms with Gasteiger partial charge in [-0.3, -0.25) is 0 Å². The molecule has 60 heavy (non-hydrogen) atoms. The highest BCUT2D eigenvalue weighted by Gasteiger charge is 2.20. The fourth-order valence-electron chi connectivity index (χ4n) is 9.28. The molecule has 0 N–H and O–H groups in total. The third kappa shape index (κ3) is 6.27. The summed E-state index contributed by atoms with van der Waals surface area (Å²) in [4.78, 5) is 0. The van der Waals surface area contributed by atoms with Crippen LogP contribution in [0.2, 0.25) is 0 Å². The highest BCUT2D eigenvalue weighted by atomic mass is 14.2. The molecule has 0 heteroatoms. The topological polar surface area (TPSA) is 0 Å². The van der Waals surface area contributed by atoms with Crippen LogP contribution in [-0.4, -0.2) is 0 Å². The van der Waals surface area contributed by atoms with Gasteiger partial charge < -0.3 is 0 Å². The monoisotopic (exact) mass is 760 g/mol. The second-order valence-corrected chi connectivity index (χ2v) is 15.6. The van der Waals surface area contributed by atoms with E-state index in [0.717, 1.165) is 0 Å². The molecule has 0 saturated heterocycles. The fourth-order valence-corrected chi connectivity index (χ4v) is 9.28. The van der Waals surface area contributed by atoms with E-state index in [2.05, 4.69) is 243 Å². The molecular formula is C60H40. The molecule has 0 saturated carbocycles. The van der Waals surface area contributed by atoms with Crippen LogP contribution < -0.4 is 0 Å². The first-order valence-corrected chi connectivity index (χ1v) is 20.8. The number of rotatable bonds is 7. The van der Waals surface area contributed by atoms with Crippen LogP contribution in [0.4, 0.5) is 0 Å². The SMILES string of the molecule is c1ccc(-c2ccc(-c3ccc(-c4c5ccccc5c(-c5ccccc5)c5ccccc45)cc3-c3ccccc3-c3ccc(-c4cccc5ccccc45)cc3)cc2)cc1. The lowest BCUT2D eigenvalue weighted by atomic mass is 9.83. The van der Waals surface area contributed by atoms with E-state index in [-0.39, 0.29) is 0 Å². The first-order valence-electron chi connectivity index (χ1n) is 20.8. The van der Waals surface area contributed by atoms with Crippen molar-refractivity contribution in [1.82, 2.24) is 0 Å². The maximum Gasteiger partial charge on any atom is -0.00261 e. The Morgan fingerprint density at radius 3 is 1.13 bits per heavy atom. The second kappa shape index (κ2) is 15.2. The summed E-state index contributed by atoms with van der Waals surface area (Å²) in [6.07, 6.45) is 0. The van der Waals surface area contributed by atoms with Crippen LogP contribution in [0.5, 0.6) is 0 Å². The van der Waals surface area contributed by atoms with Crippen molar-refractivity contribution in [3.8, 4) is 77.9 Å². The van der Waals surface area contributed by atoms with Gasteiger partial charge in [0, 0.05) is 0 Å². The molecule has 280 valence electrons. The Labute approximate surface area is 351 Å². The van der Waals surface area contributed by atoms with Crippen LogP contribution in [0, 0.1) is 0 Å². The molecule has 0 atom stereocenters. The largest absolute Gasteiger partial charge is 0.0622 e. The third-order valence-corrected chi connectivity index (χ3v) is 12.1. The minimum absolute atomic E-state index is 1.19. The summed E-state index contributed by atoms with van der Waals surface area (Å²) in [6, 6.07) is 88.8. The van der Waals surface area contributed by atoms with Gasteiger partial charge in [-0.25, -0.2) is 0 Å². The van der Waals surface area contributed by atoms with Gasteiger partial charge in [0.15, 0.2) is 0 Å². The van der Waals surface area contributed by atoms with Gasteiger partial charge in [-0.05, 0) is 116 Å². The van der Waals surface area contributed by atoms with Crippen molar-refractivity contribution in [2.75, 3.05) is 0 Å². The molecule has 0 aromatic heterocycles. The Hall–Kier alpha value is -7.80. The van der Waals surface area contributed by atoms with Crippen LogP contribution in [0.1, 0.15) is 0 Å². The van der Waals surface area contributed by atoms with Gasteiger partial charge in [-0.2, -0.15) is 0 Å². The maximum absolute atomic E-state index is 2.44.